The molecule has 2 atom stereocenters. The van der Waals surface area contributed by atoms with Crippen LogP contribution in [0.5, 0.6) is 0 Å². The molecule has 2 aromatic rings. The zero-order valence-electron chi connectivity index (χ0n) is 12.5. The third kappa shape index (κ3) is 4.19. The predicted octanol–water partition coefficient (Wildman–Crippen LogP) is 3.58. The summed E-state index contributed by atoms with van der Waals surface area (Å²) in [4.78, 5) is 13.0. The van der Waals surface area contributed by atoms with Crippen LogP contribution in [0.4, 0.5) is 5.69 Å². The lowest BCUT2D eigenvalue weighted by molar-refractivity contribution is -0.133. The third-order valence-corrected chi connectivity index (χ3v) is 5.04. The Morgan fingerprint density at radius 2 is 1.78 bits per heavy atom. The van der Waals surface area contributed by atoms with E-state index >= 15 is 0 Å². The van der Waals surface area contributed by atoms with Crippen molar-refractivity contribution < 1.29 is 14.5 Å². The van der Waals surface area contributed by atoms with Gasteiger partial charge in [0.15, 0.2) is 10.5 Å². The first kappa shape index (κ1) is 18.1. The van der Waals surface area contributed by atoms with Crippen molar-refractivity contribution in [3.8, 4) is 0 Å². The maximum atomic E-state index is 12.4. The molecule has 7 heteroatoms. The zero-order chi connectivity index (χ0) is 17.2. The fourth-order valence-electron chi connectivity index (χ4n) is 1.93. The number of hydrogen-bond acceptors (Lipinski definition) is 3. The van der Waals surface area contributed by atoms with Crippen LogP contribution < -0.4 is 5.32 Å². The van der Waals surface area contributed by atoms with E-state index in [0.717, 1.165) is 0 Å². The summed E-state index contributed by atoms with van der Waals surface area (Å²) in [6.45, 7) is 1.39. The van der Waals surface area contributed by atoms with Crippen molar-refractivity contribution in [1.29, 1.82) is 0 Å². The molecule has 0 aliphatic rings. The smallest absolute Gasteiger partial charge is 0.260 e. The Morgan fingerprint density at radius 1 is 1.17 bits per heavy atom. The molecule has 2 rings (SSSR count). The number of rotatable bonds is 4. The summed E-state index contributed by atoms with van der Waals surface area (Å²) in [6, 6.07) is 11.0. The van der Waals surface area contributed by atoms with Crippen LogP contribution >= 0.6 is 23.2 Å². The van der Waals surface area contributed by atoms with Gasteiger partial charge in [0, 0.05) is 5.69 Å². The number of hydrogen-bond donors (Lipinski definition) is 2. The van der Waals surface area contributed by atoms with Gasteiger partial charge in [-0.25, -0.2) is 0 Å². The molecule has 0 saturated heterocycles. The van der Waals surface area contributed by atoms with Gasteiger partial charge >= 0.3 is 0 Å². The van der Waals surface area contributed by atoms with Crippen LogP contribution in [0.2, 0.25) is 10.0 Å². The van der Waals surface area contributed by atoms with Gasteiger partial charge in [-0.05, 0) is 54.0 Å². The van der Waals surface area contributed by atoms with Gasteiger partial charge in [-0.2, -0.15) is 0 Å². The van der Waals surface area contributed by atoms with Crippen LogP contribution in [0.25, 0.3) is 0 Å². The molecule has 0 radical (unpaired) electrons. The first-order valence-corrected chi connectivity index (χ1v) is 8.96. The summed E-state index contributed by atoms with van der Waals surface area (Å²) < 4.78 is 11.4. The molecular formula is C16H15Cl2NO3S. The molecule has 23 heavy (non-hydrogen) atoms. The standard InChI is InChI=1S/C16H15Cl2NO3S/c1-16(21,10-3-6-12(7-4-10)23(2)22)15(20)19-11-5-8-13(17)14(18)9-11/h3-9,21H,1-2H3,(H,19,20). The molecule has 0 bridgehead atoms. The minimum Gasteiger partial charge on any atom is -0.612 e. The van der Waals surface area contributed by atoms with Crippen molar-refractivity contribution in [2.24, 2.45) is 0 Å². The zero-order valence-corrected chi connectivity index (χ0v) is 14.8. The number of aliphatic hydroxyl groups is 1. The summed E-state index contributed by atoms with van der Waals surface area (Å²) in [5.74, 6) is -0.610. The van der Waals surface area contributed by atoms with Crippen LogP contribution in [0.1, 0.15) is 12.5 Å². The number of benzene rings is 2. The lowest BCUT2D eigenvalue weighted by Gasteiger charge is -2.23. The molecule has 122 valence electrons. The van der Waals surface area contributed by atoms with Gasteiger partial charge in [-0.1, -0.05) is 35.3 Å². The van der Waals surface area contributed by atoms with Crippen molar-refractivity contribution in [3.05, 3.63) is 58.1 Å². The lowest BCUT2D eigenvalue weighted by Crippen LogP contribution is -2.37. The van der Waals surface area contributed by atoms with E-state index in [4.69, 9.17) is 23.2 Å². The molecule has 0 fully saturated rings. The van der Waals surface area contributed by atoms with Gasteiger partial charge in [0.2, 0.25) is 0 Å². The summed E-state index contributed by atoms with van der Waals surface area (Å²) in [7, 11) is 0. The summed E-state index contributed by atoms with van der Waals surface area (Å²) in [5, 5.41) is 13.8. The monoisotopic (exact) mass is 371 g/mol. The highest BCUT2D eigenvalue weighted by Gasteiger charge is 2.32. The highest BCUT2D eigenvalue weighted by atomic mass is 35.5. The van der Waals surface area contributed by atoms with Crippen molar-refractivity contribution in [3.63, 3.8) is 0 Å². The number of carbonyl (C=O) groups is 1. The Kier molecular flexibility index (Phi) is 5.60. The minimum atomic E-state index is -1.75. The second-order valence-electron chi connectivity index (χ2n) is 5.13. The average Bonchev–Trinajstić information content (AvgIpc) is 2.51. The molecule has 0 aliphatic carbocycles. The van der Waals surface area contributed by atoms with E-state index in [1.165, 1.54) is 13.0 Å². The van der Waals surface area contributed by atoms with Gasteiger partial charge in [0.1, 0.15) is 6.26 Å². The Hall–Kier alpha value is -1.24. The van der Waals surface area contributed by atoms with Gasteiger partial charge < -0.3 is 15.0 Å². The fraction of sp³-hybridized carbons (Fsp3) is 0.188. The molecule has 2 unspecified atom stereocenters. The summed E-state index contributed by atoms with van der Waals surface area (Å²) in [6.07, 6.45) is 1.56. The van der Waals surface area contributed by atoms with E-state index in [1.54, 1.807) is 42.7 Å². The fourth-order valence-corrected chi connectivity index (χ4v) is 2.75. The quantitative estimate of drug-likeness (QED) is 0.806. The van der Waals surface area contributed by atoms with E-state index in [9.17, 15) is 14.5 Å². The Bertz CT molecular complexity index is 718. The third-order valence-electron chi connectivity index (χ3n) is 3.37. The molecular weight excluding hydrogens is 357 g/mol. The first-order valence-electron chi connectivity index (χ1n) is 6.64. The minimum absolute atomic E-state index is 0.305. The van der Waals surface area contributed by atoms with Crippen LogP contribution in [-0.4, -0.2) is 21.8 Å². The molecule has 0 saturated carbocycles. The Balaban J connectivity index is 2.20. The normalized spacial score (nSPS) is 14.9. The number of nitrogens with one attached hydrogen (secondary N) is 1. The molecule has 0 spiro atoms. The highest BCUT2D eigenvalue weighted by molar-refractivity contribution is 7.90. The van der Waals surface area contributed by atoms with E-state index in [1.807, 2.05) is 0 Å². The second-order valence-corrected chi connectivity index (χ2v) is 7.33. The van der Waals surface area contributed by atoms with Crippen LogP contribution in [-0.2, 0) is 21.6 Å². The molecule has 0 aromatic heterocycles. The first-order chi connectivity index (χ1) is 10.7. The molecule has 4 nitrogen and oxygen atoms in total. The number of halogens is 2. The van der Waals surface area contributed by atoms with E-state index in [0.29, 0.717) is 26.2 Å². The molecule has 2 N–H and O–H groups in total. The van der Waals surface area contributed by atoms with Gasteiger partial charge in [0.25, 0.3) is 5.91 Å². The SMILES string of the molecule is C[S+]([O-])c1ccc(C(C)(O)C(=O)Nc2ccc(Cl)c(Cl)c2)cc1. The van der Waals surface area contributed by atoms with Crippen molar-refractivity contribution >= 4 is 46.0 Å². The molecule has 0 heterocycles. The maximum Gasteiger partial charge on any atom is 0.260 e. The average molecular weight is 372 g/mol. The van der Waals surface area contributed by atoms with Gasteiger partial charge in [-0.3, -0.25) is 4.79 Å². The van der Waals surface area contributed by atoms with Crippen LogP contribution in [0.15, 0.2) is 47.4 Å². The maximum absolute atomic E-state index is 12.4. The highest BCUT2D eigenvalue weighted by Crippen LogP contribution is 2.28. The summed E-state index contributed by atoms with van der Waals surface area (Å²) in [5.41, 5.74) is -0.930. The topological polar surface area (TPSA) is 72.4 Å². The van der Waals surface area contributed by atoms with Gasteiger partial charge in [0.05, 0.1) is 10.0 Å². The van der Waals surface area contributed by atoms with Gasteiger partial charge in [-0.15, -0.1) is 0 Å². The second kappa shape index (κ2) is 7.11. The lowest BCUT2D eigenvalue weighted by atomic mass is 9.95. The Morgan fingerprint density at radius 3 is 2.30 bits per heavy atom. The molecule has 2 aromatic carbocycles. The molecule has 1 amide bonds. The Labute approximate surface area is 147 Å². The van der Waals surface area contributed by atoms with E-state index < -0.39 is 22.7 Å². The van der Waals surface area contributed by atoms with Crippen LogP contribution in [0, 0.1) is 0 Å². The largest absolute Gasteiger partial charge is 0.612 e. The molecule has 0 aliphatic heterocycles. The van der Waals surface area contributed by atoms with Crippen molar-refractivity contribution in [1.82, 2.24) is 0 Å². The van der Waals surface area contributed by atoms with E-state index in [2.05, 4.69) is 5.32 Å². The predicted molar refractivity (Wildman–Crippen MR) is 93.4 cm³/mol. The van der Waals surface area contributed by atoms with Crippen LogP contribution in [0.3, 0.4) is 0 Å². The number of carbonyl (C=O) groups excluding carboxylic acids is 1. The van der Waals surface area contributed by atoms with Crippen molar-refractivity contribution in [2.75, 3.05) is 11.6 Å². The number of anilines is 1. The van der Waals surface area contributed by atoms with Crippen molar-refractivity contribution in [2.45, 2.75) is 17.4 Å². The number of amides is 1. The van der Waals surface area contributed by atoms with E-state index in [-0.39, 0.29) is 0 Å². The summed E-state index contributed by atoms with van der Waals surface area (Å²) >= 11 is 10.6.